The third-order valence-electron chi connectivity index (χ3n) is 3.52. The van der Waals surface area contributed by atoms with Crippen LogP contribution in [0, 0.1) is 0 Å². The molecule has 0 bridgehead atoms. The van der Waals surface area contributed by atoms with Gasteiger partial charge in [-0.2, -0.15) is 11.3 Å². The number of nitrogens with zero attached hydrogens (tertiary/aromatic N) is 1. The molecule has 1 heterocycles. The summed E-state index contributed by atoms with van der Waals surface area (Å²) < 4.78 is 0. The van der Waals surface area contributed by atoms with E-state index in [1.54, 1.807) is 18.4 Å². The Morgan fingerprint density at radius 1 is 1.14 bits per heavy atom. The highest BCUT2D eigenvalue weighted by atomic mass is 127. The van der Waals surface area contributed by atoms with Crippen LogP contribution in [0.5, 0.6) is 0 Å². The number of hydrogen-bond acceptors (Lipinski definition) is 2. The van der Waals surface area contributed by atoms with Gasteiger partial charge in [0, 0.05) is 25.6 Å². The number of hydrogen-bond donors (Lipinski definition) is 2. The zero-order valence-electron chi connectivity index (χ0n) is 13.3. The molecule has 0 atom stereocenters. The van der Waals surface area contributed by atoms with Crippen LogP contribution >= 0.6 is 35.3 Å². The summed E-state index contributed by atoms with van der Waals surface area (Å²) in [5, 5.41) is 11.0. The minimum Gasteiger partial charge on any atom is -0.356 e. The molecule has 0 aliphatic rings. The lowest BCUT2D eigenvalue weighted by molar-refractivity contribution is 0.508. The van der Waals surface area contributed by atoms with Gasteiger partial charge in [0.2, 0.25) is 0 Å². The standard InChI is InChI=1S/C17H23N3S.HI/c1-17(2,15-7-5-4-6-8-15)13-20-16(18-3)19-11-14-9-10-21-12-14;/h4-10,12H,11,13H2,1-3H3,(H2,18,19,20);1H. The summed E-state index contributed by atoms with van der Waals surface area (Å²) in [5.41, 5.74) is 2.66. The average Bonchev–Trinajstić information content (AvgIpc) is 3.02. The number of benzene rings is 1. The van der Waals surface area contributed by atoms with Gasteiger partial charge in [-0.25, -0.2) is 0 Å². The molecule has 5 heteroatoms. The van der Waals surface area contributed by atoms with E-state index in [-0.39, 0.29) is 29.4 Å². The molecule has 2 rings (SSSR count). The molecule has 0 aliphatic carbocycles. The Hall–Kier alpha value is -1.08. The van der Waals surface area contributed by atoms with Gasteiger partial charge < -0.3 is 10.6 Å². The maximum Gasteiger partial charge on any atom is 0.191 e. The monoisotopic (exact) mass is 429 g/mol. The van der Waals surface area contributed by atoms with E-state index in [0.717, 1.165) is 19.0 Å². The van der Waals surface area contributed by atoms with Gasteiger partial charge >= 0.3 is 0 Å². The van der Waals surface area contributed by atoms with Crippen molar-refractivity contribution in [1.29, 1.82) is 0 Å². The van der Waals surface area contributed by atoms with Crippen molar-refractivity contribution in [2.45, 2.75) is 25.8 Å². The van der Waals surface area contributed by atoms with Gasteiger partial charge in [-0.15, -0.1) is 24.0 Å². The Balaban J connectivity index is 0.00000242. The molecular formula is C17H24IN3S. The largest absolute Gasteiger partial charge is 0.356 e. The predicted molar refractivity (Wildman–Crippen MR) is 107 cm³/mol. The fourth-order valence-corrected chi connectivity index (χ4v) is 2.76. The zero-order valence-corrected chi connectivity index (χ0v) is 16.4. The van der Waals surface area contributed by atoms with Gasteiger partial charge in [-0.05, 0) is 28.0 Å². The highest BCUT2D eigenvalue weighted by Crippen LogP contribution is 2.21. The summed E-state index contributed by atoms with van der Waals surface area (Å²) in [6.45, 7) is 6.11. The molecule has 0 aliphatic heterocycles. The van der Waals surface area contributed by atoms with Gasteiger partial charge in [-0.3, -0.25) is 4.99 Å². The Morgan fingerprint density at radius 3 is 2.45 bits per heavy atom. The molecule has 120 valence electrons. The average molecular weight is 429 g/mol. The molecule has 22 heavy (non-hydrogen) atoms. The van der Waals surface area contributed by atoms with Crippen LogP contribution in [0.1, 0.15) is 25.0 Å². The van der Waals surface area contributed by atoms with E-state index in [1.807, 2.05) is 6.07 Å². The zero-order chi connectivity index (χ0) is 15.1. The number of rotatable bonds is 5. The molecule has 0 fully saturated rings. The van der Waals surface area contributed by atoms with Crippen molar-refractivity contribution in [1.82, 2.24) is 10.6 Å². The first-order valence-corrected chi connectivity index (χ1v) is 8.07. The fraction of sp³-hybridized carbons (Fsp3) is 0.353. The molecule has 1 aromatic heterocycles. The number of halogens is 1. The normalized spacial score (nSPS) is 11.7. The van der Waals surface area contributed by atoms with E-state index >= 15 is 0 Å². The van der Waals surface area contributed by atoms with E-state index < -0.39 is 0 Å². The van der Waals surface area contributed by atoms with E-state index in [4.69, 9.17) is 0 Å². The smallest absolute Gasteiger partial charge is 0.191 e. The topological polar surface area (TPSA) is 36.4 Å². The molecule has 0 saturated heterocycles. The lowest BCUT2D eigenvalue weighted by Gasteiger charge is -2.26. The summed E-state index contributed by atoms with van der Waals surface area (Å²) in [5.74, 6) is 0.838. The second-order valence-electron chi connectivity index (χ2n) is 5.66. The predicted octanol–water partition coefficient (Wildman–Crippen LogP) is 4.01. The van der Waals surface area contributed by atoms with Crippen LogP contribution in [-0.2, 0) is 12.0 Å². The fourth-order valence-electron chi connectivity index (χ4n) is 2.10. The highest BCUT2D eigenvalue weighted by molar-refractivity contribution is 14.0. The van der Waals surface area contributed by atoms with Crippen LogP contribution in [0.25, 0.3) is 0 Å². The van der Waals surface area contributed by atoms with E-state index in [0.29, 0.717) is 0 Å². The Bertz CT molecular complexity index is 565. The molecule has 0 saturated carbocycles. The van der Waals surface area contributed by atoms with Crippen LogP contribution in [0.4, 0.5) is 0 Å². The number of guanidine groups is 1. The summed E-state index contributed by atoms with van der Waals surface area (Å²) >= 11 is 1.71. The van der Waals surface area contributed by atoms with E-state index in [9.17, 15) is 0 Å². The van der Waals surface area contributed by atoms with Crippen molar-refractivity contribution in [3.63, 3.8) is 0 Å². The van der Waals surface area contributed by atoms with Gasteiger partial charge in [0.25, 0.3) is 0 Å². The molecule has 3 nitrogen and oxygen atoms in total. The van der Waals surface area contributed by atoms with Gasteiger partial charge in [-0.1, -0.05) is 44.2 Å². The third kappa shape index (κ3) is 5.61. The van der Waals surface area contributed by atoms with Crippen molar-refractivity contribution in [3.05, 3.63) is 58.3 Å². The highest BCUT2D eigenvalue weighted by Gasteiger charge is 2.20. The Labute approximate surface area is 154 Å². The van der Waals surface area contributed by atoms with Crippen molar-refractivity contribution >= 4 is 41.3 Å². The first-order chi connectivity index (χ1) is 10.1. The molecule has 0 spiro atoms. The van der Waals surface area contributed by atoms with E-state index in [1.165, 1.54) is 11.1 Å². The van der Waals surface area contributed by atoms with Crippen LogP contribution in [0.2, 0.25) is 0 Å². The summed E-state index contributed by atoms with van der Waals surface area (Å²) in [6.07, 6.45) is 0. The molecule has 0 unspecified atom stereocenters. The molecule has 2 N–H and O–H groups in total. The Morgan fingerprint density at radius 2 is 1.86 bits per heavy atom. The minimum absolute atomic E-state index is 0. The van der Waals surface area contributed by atoms with Gasteiger partial charge in [0.15, 0.2) is 5.96 Å². The van der Waals surface area contributed by atoms with Crippen molar-refractivity contribution in [2.75, 3.05) is 13.6 Å². The van der Waals surface area contributed by atoms with Crippen molar-refractivity contribution < 1.29 is 0 Å². The second kappa shape index (κ2) is 9.15. The van der Waals surface area contributed by atoms with E-state index in [2.05, 4.69) is 70.6 Å². The minimum atomic E-state index is 0. The lowest BCUT2D eigenvalue weighted by atomic mass is 9.85. The maximum atomic E-state index is 4.28. The van der Waals surface area contributed by atoms with Crippen molar-refractivity contribution in [3.8, 4) is 0 Å². The third-order valence-corrected chi connectivity index (χ3v) is 4.25. The molecule has 2 aromatic rings. The van der Waals surface area contributed by atoms with Crippen LogP contribution in [0.3, 0.4) is 0 Å². The maximum absolute atomic E-state index is 4.28. The van der Waals surface area contributed by atoms with Gasteiger partial charge in [0.1, 0.15) is 0 Å². The van der Waals surface area contributed by atoms with Crippen molar-refractivity contribution in [2.24, 2.45) is 4.99 Å². The second-order valence-corrected chi connectivity index (χ2v) is 6.44. The van der Waals surface area contributed by atoms with Crippen LogP contribution in [-0.4, -0.2) is 19.6 Å². The number of nitrogens with one attached hydrogen (secondary N) is 2. The number of aliphatic imine (C=N–C) groups is 1. The lowest BCUT2D eigenvalue weighted by Crippen LogP contribution is -2.43. The first-order valence-electron chi connectivity index (χ1n) is 7.13. The molecule has 0 amide bonds. The number of thiophene rings is 1. The summed E-state index contributed by atoms with van der Waals surface area (Å²) in [7, 11) is 1.80. The quantitative estimate of drug-likeness (QED) is 0.428. The van der Waals surface area contributed by atoms with Crippen LogP contribution < -0.4 is 10.6 Å². The first kappa shape index (κ1) is 19.0. The molecular weight excluding hydrogens is 405 g/mol. The Kier molecular flexibility index (Phi) is 7.89. The molecule has 0 radical (unpaired) electrons. The molecule has 1 aromatic carbocycles. The summed E-state index contributed by atoms with van der Waals surface area (Å²) in [4.78, 5) is 4.28. The summed E-state index contributed by atoms with van der Waals surface area (Å²) in [6, 6.07) is 12.7. The van der Waals surface area contributed by atoms with Gasteiger partial charge in [0.05, 0.1) is 0 Å². The SMILES string of the molecule is CN=C(NCc1ccsc1)NCC(C)(C)c1ccccc1.I. The van der Waals surface area contributed by atoms with Crippen LogP contribution in [0.15, 0.2) is 52.2 Å².